The zero-order chi connectivity index (χ0) is 14.3. The van der Waals surface area contributed by atoms with E-state index < -0.39 is 0 Å². The fraction of sp³-hybridized carbons (Fsp3) is 0.529. The minimum Gasteiger partial charge on any atom is -0.312 e. The largest absolute Gasteiger partial charge is 0.312 e. The highest BCUT2D eigenvalue weighted by Crippen LogP contribution is 2.08. The lowest BCUT2D eigenvalue weighted by Gasteiger charge is -2.17. The maximum atomic E-state index is 3.96. The van der Waals surface area contributed by atoms with Crippen molar-refractivity contribution >= 4 is 0 Å². The molecule has 0 aliphatic heterocycles. The second-order valence-electron chi connectivity index (χ2n) is 5.97. The first-order valence-corrected chi connectivity index (χ1v) is 7.09. The Kier molecular flexibility index (Phi) is 6.82. The average Bonchev–Trinajstić information content (AvgIpc) is 2.27. The van der Waals surface area contributed by atoms with Gasteiger partial charge in [0.05, 0.1) is 0 Å². The molecule has 0 unspecified atom stereocenters. The van der Waals surface area contributed by atoms with Gasteiger partial charge in [0.15, 0.2) is 0 Å². The predicted molar refractivity (Wildman–Crippen MR) is 84.1 cm³/mol. The lowest BCUT2D eigenvalue weighted by molar-refractivity contribution is 0.355. The summed E-state index contributed by atoms with van der Waals surface area (Å²) in [6.45, 7) is 14.5. The third-order valence-electron chi connectivity index (χ3n) is 2.87. The molecule has 0 saturated carbocycles. The molecular weight excluding hydrogens is 232 g/mol. The Bertz CT molecular complexity index is 396. The average molecular weight is 260 g/mol. The number of nitrogens with one attached hydrogen (secondary N) is 1. The van der Waals surface area contributed by atoms with E-state index >= 15 is 0 Å². The highest BCUT2D eigenvalue weighted by Gasteiger charge is 2.02. The Morgan fingerprint density at radius 2 is 2.00 bits per heavy atom. The van der Waals surface area contributed by atoms with Crippen LogP contribution in [0.2, 0.25) is 0 Å². The molecule has 0 atom stereocenters. The predicted octanol–water partition coefficient (Wildman–Crippen LogP) is 3.44. The normalized spacial score (nSPS) is 11.3. The topological polar surface area (TPSA) is 15.3 Å². The van der Waals surface area contributed by atoms with Crippen LogP contribution < -0.4 is 5.32 Å². The van der Waals surface area contributed by atoms with Gasteiger partial charge in [0.25, 0.3) is 0 Å². The molecule has 0 aliphatic carbocycles. The summed E-state index contributed by atoms with van der Waals surface area (Å²) in [4.78, 5) is 2.29. The summed E-state index contributed by atoms with van der Waals surface area (Å²) in [5.41, 5.74) is 3.94. The molecule has 106 valence electrons. The summed E-state index contributed by atoms with van der Waals surface area (Å²) < 4.78 is 0. The van der Waals surface area contributed by atoms with Crippen molar-refractivity contribution < 1.29 is 0 Å². The fourth-order valence-electron chi connectivity index (χ4n) is 2.17. The lowest BCUT2D eigenvalue weighted by atomic mass is 10.1. The van der Waals surface area contributed by atoms with Crippen molar-refractivity contribution in [3.05, 3.63) is 47.5 Å². The molecule has 2 heteroatoms. The Morgan fingerprint density at radius 1 is 1.32 bits per heavy atom. The van der Waals surface area contributed by atoms with Gasteiger partial charge in [-0.15, -0.1) is 0 Å². The summed E-state index contributed by atoms with van der Waals surface area (Å²) in [5.74, 6) is 0.699. The fourth-order valence-corrected chi connectivity index (χ4v) is 2.17. The summed E-state index contributed by atoms with van der Waals surface area (Å²) in [6, 6.07) is 8.83. The second kappa shape index (κ2) is 8.13. The van der Waals surface area contributed by atoms with Crippen molar-refractivity contribution in [2.45, 2.75) is 33.9 Å². The molecular formula is C17H28N2. The number of rotatable bonds is 8. The van der Waals surface area contributed by atoms with Crippen LogP contribution in [-0.2, 0) is 13.1 Å². The molecule has 1 aromatic carbocycles. The van der Waals surface area contributed by atoms with Gasteiger partial charge in [-0.3, -0.25) is 4.90 Å². The first-order chi connectivity index (χ1) is 8.97. The van der Waals surface area contributed by atoms with E-state index in [9.17, 15) is 0 Å². The molecule has 0 aliphatic rings. The van der Waals surface area contributed by atoms with E-state index in [2.05, 4.69) is 68.9 Å². The molecule has 1 aromatic rings. The quantitative estimate of drug-likeness (QED) is 0.720. The molecule has 0 aromatic heterocycles. The monoisotopic (exact) mass is 260 g/mol. The van der Waals surface area contributed by atoms with Crippen molar-refractivity contribution in [3.8, 4) is 0 Å². The molecule has 2 nitrogen and oxygen atoms in total. The highest BCUT2D eigenvalue weighted by molar-refractivity contribution is 5.23. The Balaban J connectivity index is 2.49. The van der Waals surface area contributed by atoms with Crippen LogP contribution in [0.25, 0.3) is 0 Å². The number of likely N-dealkylation sites (N-methyl/N-ethyl adjacent to an activating group) is 1. The van der Waals surface area contributed by atoms with E-state index in [0.29, 0.717) is 5.92 Å². The number of benzene rings is 1. The molecule has 1 rings (SSSR count). The Hall–Kier alpha value is -1.12. The van der Waals surface area contributed by atoms with Crippen LogP contribution in [-0.4, -0.2) is 25.0 Å². The van der Waals surface area contributed by atoms with E-state index in [1.165, 1.54) is 16.7 Å². The van der Waals surface area contributed by atoms with E-state index in [0.717, 1.165) is 26.2 Å². The third-order valence-corrected chi connectivity index (χ3v) is 2.87. The first kappa shape index (κ1) is 15.9. The first-order valence-electron chi connectivity index (χ1n) is 7.09. The molecule has 0 radical (unpaired) electrons. The van der Waals surface area contributed by atoms with Crippen LogP contribution >= 0.6 is 0 Å². The highest BCUT2D eigenvalue weighted by atomic mass is 15.1. The van der Waals surface area contributed by atoms with E-state index in [-0.39, 0.29) is 0 Å². The van der Waals surface area contributed by atoms with Gasteiger partial charge in [0.1, 0.15) is 0 Å². The molecule has 1 N–H and O–H groups in total. The molecule has 0 spiro atoms. The summed E-state index contributed by atoms with van der Waals surface area (Å²) in [7, 11) is 2.14. The number of hydrogen-bond donors (Lipinski definition) is 1. The van der Waals surface area contributed by atoms with Gasteiger partial charge in [-0.1, -0.05) is 50.3 Å². The van der Waals surface area contributed by atoms with Crippen molar-refractivity contribution in [1.29, 1.82) is 0 Å². The number of nitrogens with zero attached hydrogens (tertiary/aromatic N) is 1. The zero-order valence-electron chi connectivity index (χ0n) is 12.9. The molecule has 0 saturated heterocycles. The van der Waals surface area contributed by atoms with Crippen molar-refractivity contribution in [2.75, 3.05) is 20.1 Å². The number of hydrogen-bond acceptors (Lipinski definition) is 2. The molecule has 0 amide bonds. The summed E-state index contributed by atoms with van der Waals surface area (Å²) in [6.07, 6.45) is 0. The molecule has 0 fully saturated rings. The van der Waals surface area contributed by atoms with Gasteiger partial charge >= 0.3 is 0 Å². The van der Waals surface area contributed by atoms with E-state index in [1.807, 2.05) is 0 Å². The van der Waals surface area contributed by atoms with Gasteiger partial charge in [0, 0.05) is 19.6 Å². The van der Waals surface area contributed by atoms with Crippen LogP contribution in [0.5, 0.6) is 0 Å². The minimum atomic E-state index is 0.699. The SMILES string of the molecule is C=C(C)CN(C)Cc1cccc(CNCC(C)C)c1. The lowest BCUT2D eigenvalue weighted by Crippen LogP contribution is -2.20. The maximum absolute atomic E-state index is 3.96. The van der Waals surface area contributed by atoms with Gasteiger partial charge in [0.2, 0.25) is 0 Å². The van der Waals surface area contributed by atoms with E-state index in [1.54, 1.807) is 0 Å². The molecule has 0 heterocycles. The van der Waals surface area contributed by atoms with E-state index in [4.69, 9.17) is 0 Å². The smallest absolute Gasteiger partial charge is 0.0234 e. The second-order valence-corrected chi connectivity index (χ2v) is 5.97. The van der Waals surface area contributed by atoms with Crippen LogP contribution in [0.1, 0.15) is 31.9 Å². The van der Waals surface area contributed by atoms with Gasteiger partial charge in [-0.2, -0.15) is 0 Å². The van der Waals surface area contributed by atoms with Gasteiger partial charge in [-0.25, -0.2) is 0 Å². The van der Waals surface area contributed by atoms with Gasteiger partial charge < -0.3 is 5.32 Å². The maximum Gasteiger partial charge on any atom is 0.0234 e. The Morgan fingerprint density at radius 3 is 2.63 bits per heavy atom. The third kappa shape index (κ3) is 7.14. The standard InChI is InChI=1S/C17H28N2/c1-14(2)10-18-11-16-7-6-8-17(9-16)13-19(5)12-15(3)4/h6-9,14,18H,3,10-13H2,1-2,4-5H3. The van der Waals surface area contributed by atoms with Crippen molar-refractivity contribution in [1.82, 2.24) is 10.2 Å². The van der Waals surface area contributed by atoms with Crippen LogP contribution in [0.3, 0.4) is 0 Å². The zero-order valence-corrected chi connectivity index (χ0v) is 12.9. The van der Waals surface area contributed by atoms with Gasteiger partial charge in [-0.05, 0) is 37.6 Å². The van der Waals surface area contributed by atoms with Crippen LogP contribution in [0, 0.1) is 5.92 Å². The van der Waals surface area contributed by atoms with Crippen molar-refractivity contribution in [2.24, 2.45) is 5.92 Å². The Labute approximate surface area is 118 Å². The molecule has 19 heavy (non-hydrogen) atoms. The van der Waals surface area contributed by atoms with Crippen molar-refractivity contribution in [3.63, 3.8) is 0 Å². The van der Waals surface area contributed by atoms with Crippen LogP contribution in [0.15, 0.2) is 36.4 Å². The molecule has 0 bridgehead atoms. The minimum absolute atomic E-state index is 0.699. The van der Waals surface area contributed by atoms with Crippen LogP contribution in [0.4, 0.5) is 0 Å². The summed E-state index contributed by atoms with van der Waals surface area (Å²) in [5, 5.41) is 3.49. The summed E-state index contributed by atoms with van der Waals surface area (Å²) >= 11 is 0.